The molecule has 2 aromatic carbocycles. The van der Waals surface area contributed by atoms with Crippen LogP contribution in [0.2, 0.25) is 0 Å². The second kappa shape index (κ2) is 6.94. The number of benzene rings is 2. The first-order valence-electron chi connectivity index (χ1n) is 8.94. The van der Waals surface area contributed by atoms with E-state index in [-0.39, 0.29) is 5.41 Å². The van der Waals surface area contributed by atoms with Crippen LogP contribution in [0.4, 0.5) is 24.5 Å². The van der Waals surface area contributed by atoms with Crippen LogP contribution in [0.1, 0.15) is 24.3 Å². The van der Waals surface area contributed by atoms with E-state index in [0.717, 1.165) is 31.5 Å². The minimum Gasteiger partial charge on any atom is -0.420 e. The number of hydrogen-bond donors (Lipinski definition) is 2. The maximum Gasteiger partial charge on any atom is 0.416 e. The van der Waals surface area contributed by atoms with E-state index in [2.05, 4.69) is 20.8 Å². The number of para-hydroxylation sites is 1. The van der Waals surface area contributed by atoms with Gasteiger partial charge < -0.3 is 15.1 Å². The summed E-state index contributed by atoms with van der Waals surface area (Å²) in [5, 5.41) is 14.7. The standard InChI is InChI=1S/C20H19F3N4O/c1-24-12-19(10-11-19)18-27-26-17(28-18)15-4-2-3-5-16(15)25-14-8-6-13(7-9-14)20(21,22)23/h2-9,24-25H,10-12H2,1H3. The largest absolute Gasteiger partial charge is 0.420 e. The minimum absolute atomic E-state index is 0.0875. The predicted octanol–water partition coefficient (Wildman–Crippen LogP) is 4.75. The van der Waals surface area contributed by atoms with Gasteiger partial charge in [-0.05, 0) is 56.3 Å². The molecule has 1 saturated carbocycles. The molecule has 1 fully saturated rings. The summed E-state index contributed by atoms with van der Waals surface area (Å²) in [5.74, 6) is 0.994. The maximum atomic E-state index is 12.7. The van der Waals surface area contributed by atoms with Gasteiger partial charge in [0.15, 0.2) is 0 Å². The van der Waals surface area contributed by atoms with Crippen molar-refractivity contribution in [1.29, 1.82) is 0 Å². The molecular formula is C20H19F3N4O. The van der Waals surface area contributed by atoms with Gasteiger partial charge in [0.25, 0.3) is 0 Å². The fraction of sp³-hybridized carbons (Fsp3) is 0.300. The predicted molar refractivity (Wildman–Crippen MR) is 99.3 cm³/mol. The average Bonchev–Trinajstić information content (AvgIpc) is 3.28. The van der Waals surface area contributed by atoms with E-state index >= 15 is 0 Å². The third kappa shape index (κ3) is 3.60. The molecule has 0 radical (unpaired) electrons. The van der Waals surface area contributed by atoms with Crippen LogP contribution in [0.15, 0.2) is 52.9 Å². The fourth-order valence-electron chi connectivity index (χ4n) is 3.18. The summed E-state index contributed by atoms with van der Waals surface area (Å²) in [6, 6.07) is 12.2. The zero-order valence-electron chi connectivity index (χ0n) is 15.2. The SMILES string of the molecule is CNCC1(c2nnc(-c3ccccc3Nc3ccc(C(F)(F)F)cc3)o2)CC1. The molecule has 28 heavy (non-hydrogen) atoms. The van der Waals surface area contributed by atoms with Gasteiger partial charge >= 0.3 is 6.18 Å². The van der Waals surface area contributed by atoms with E-state index in [0.29, 0.717) is 28.7 Å². The van der Waals surface area contributed by atoms with Gasteiger partial charge in [0, 0.05) is 12.2 Å². The van der Waals surface area contributed by atoms with Crippen LogP contribution in [0.25, 0.3) is 11.5 Å². The monoisotopic (exact) mass is 388 g/mol. The minimum atomic E-state index is -4.36. The molecular weight excluding hydrogens is 369 g/mol. The van der Waals surface area contributed by atoms with Crippen LogP contribution < -0.4 is 10.6 Å². The van der Waals surface area contributed by atoms with Crippen LogP contribution in [0, 0.1) is 0 Å². The van der Waals surface area contributed by atoms with Crippen LogP contribution in [0.3, 0.4) is 0 Å². The molecule has 0 unspecified atom stereocenters. The summed E-state index contributed by atoms with van der Waals surface area (Å²) < 4.78 is 44.2. The Morgan fingerprint density at radius 2 is 1.75 bits per heavy atom. The zero-order valence-corrected chi connectivity index (χ0v) is 15.2. The van der Waals surface area contributed by atoms with Crippen molar-refractivity contribution in [1.82, 2.24) is 15.5 Å². The molecule has 1 heterocycles. The van der Waals surface area contributed by atoms with E-state index in [9.17, 15) is 13.2 Å². The summed E-state index contributed by atoms with van der Waals surface area (Å²) in [6.45, 7) is 0.778. The van der Waals surface area contributed by atoms with Crippen molar-refractivity contribution in [2.45, 2.75) is 24.4 Å². The Kier molecular flexibility index (Phi) is 4.58. The second-order valence-electron chi connectivity index (χ2n) is 6.97. The van der Waals surface area contributed by atoms with Crippen molar-refractivity contribution in [3.05, 3.63) is 60.0 Å². The molecule has 146 valence electrons. The average molecular weight is 388 g/mol. The topological polar surface area (TPSA) is 63.0 Å². The molecule has 0 atom stereocenters. The smallest absolute Gasteiger partial charge is 0.416 e. The lowest BCUT2D eigenvalue weighted by atomic mass is 10.1. The van der Waals surface area contributed by atoms with Crippen LogP contribution in [-0.2, 0) is 11.6 Å². The Hall–Kier alpha value is -2.87. The van der Waals surface area contributed by atoms with E-state index < -0.39 is 11.7 Å². The maximum absolute atomic E-state index is 12.7. The molecule has 2 N–H and O–H groups in total. The van der Waals surface area contributed by atoms with Crippen molar-refractivity contribution in [2.75, 3.05) is 18.9 Å². The summed E-state index contributed by atoms with van der Waals surface area (Å²) in [4.78, 5) is 0. The van der Waals surface area contributed by atoms with Gasteiger partial charge in [-0.1, -0.05) is 12.1 Å². The second-order valence-corrected chi connectivity index (χ2v) is 6.97. The van der Waals surface area contributed by atoms with E-state index in [1.807, 2.05) is 31.3 Å². The molecule has 0 amide bonds. The first kappa shape index (κ1) is 18.5. The zero-order chi connectivity index (χ0) is 19.8. The normalized spacial score (nSPS) is 15.4. The number of aromatic nitrogens is 2. The summed E-state index contributed by atoms with van der Waals surface area (Å²) >= 11 is 0. The number of nitrogens with zero attached hydrogens (tertiary/aromatic N) is 2. The lowest BCUT2D eigenvalue weighted by molar-refractivity contribution is -0.137. The number of alkyl halides is 3. The number of likely N-dealkylation sites (N-methyl/N-ethyl adjacent to an activating group) is 1. The molecule has 0 saturated heterocycles. The molecule has 1 aliphatic carbocycles. The van der Waals surface area contributed by atoms with E-state index in [1.165, 1.54) is 12.1 Å². The Labute approximate surface area is 160 Å². The molecule has 8 heteroatoms. The lowest BCUT2D eigenvalue weighted by Gasteiger charge is -2.12. The number of rotatable bonds is 6. The molecule has 1 aliphatic rings. The van der Waals surface area contributed by atoms with Gasteiger partial charge in [-0.15, -0.1) is 10.2 Å². The van der Waals surface area contributed by atoms with E-state index in [1.54, 1.807) is 0 Å². The van der Waals surface area contributed by atoms with E-state index in [4.69, 9.17) is 4.42 Å². The number of halogens is 3. The molecule has 1 aromatic heterocycles. The van der Waals surface area contributed by atoms with Gasteiger partial charge in [0.2, 0.25) is 11.8 Å². The van der Waals surface area contributed by atoms with Gasteiger partial charge in [-0.25, -0.2) is 0 Å². The summed E-state index contributed by atoms with van der Waals surface area (Å²) in [7, 11) is 1.89. The van der Waals surface area contributed by atoms with Crippen molar-refractivity contribution in [3.63, 3.8) is 0 Å². The van der Waals surface area contributed by atoms with Crippen molar-refractivity contribution in [2.24, 2.45) is 0 Å². The third-order valence-electron chi connectivity index (χ3n) is 4.90. The molecule has 3 aromatic rings. The Morgan fingerprint density at radius 1 is 1.04 bits per heavy atom. The summed E-state index contributed by atoms with van der Waals surface area (Å²) in [6.07, 6.45) is -2.36. The Balaban J connectivity index is 1.59. The molecule has 5 nitrogen and oxygen atoms in total. The van der Waals surface area contributed by atoms with Gasteiger partial charge in [-0.2, -0.15) is 13.2 Å². The first-order chi connectivity index (χ1) is 13.4. The first-order valence-corrected chi connectivity index (χ1v) is 8.94. The molecule has 0 spiro atoms. The highest BCUT2D eigenvalue weighted by molar-refractivity contribution is 5.76. The highest BCUT2D eigenvalue weighted by atomic mass is 19.4. The Bertz CT molecular complexity index is 962. The van der Waals surface area contributed by atoms with Crippen LogP contribution in [0.5, 0.6) is 0 Å². The number of anilines is 2. The fourth-order valence-corrected chi connectivity index (χ4v) is 3.18. The van der Waals surface area contributed by atoms with Crippen molar-refractivity contribution < 1.29 is 17.6 Å². The Morgan fingerprint density at radius 3 is 2.39 bits per heavy atom. The highest BCUT2D eigenvalue weighted by Crippen LogP contribution is 2.47. The molecule has 4 rings (SSSR count). The van der Waals surface area contributed by atoms with Gasteiger partial charge in [-0.3, -0.25) is 0 Å². The quantitative estimate of drug-likeness (QED) is 0.638. The van der Waals surface area contributed by atoms with Gasteiger partial charge in [0.1, 0.15) is 0 Å². The molecule has 0 aliphatic heterocycles. The summed E-state index contributed by atoms with van der Waals surface area (Å²) in [5.41, 5.74) is 1.13. The van der Waals surface area contributed by atoms with Crippen molar-refractivity contribution >= 4 is 11.4 Å². The van der Waals surface area contributed by atoms with Crippen LogP contribution in [-0.4, -0.2) is 23.8 Å². The third-order valence-corrected chi connectivity index (χ3v) is 4.90. The van der Waals surface area contributed by atoms with Gasteiger partial charge in [0.05, 0.1) is 22.2 Å². The number of nitrogens with one attached hydrogen (secondary N) is 2. The van der Waals surface area contributed by atoms with Crippen molar-refractivity contribution in [3.8, 4) is 11.5 Å². The number of hydrogen-bond acceptors (Lipinski definition) is 5. The highest BCUT2D eigenvalue weighted by Gasteiger charge is 2.48. The molecule has 0 bridgehead atoms. The lowest BCUT2D eigenvalue weighted by Crippen LogP contribution is -2.23. The van der Waals surface area contributed by atoms with Crippen LogP contribution >= 0.6 is 0 Å².